The lowest BCUT2D eigenvalue weighted by Gasteiger charge is -2.39. The molecule has 0 amide bonds. The van der Waals surface area contributed by atoms with E-state index in [2.05, 4.69) is 0 Å². The summed E-state index contributed by atoms with van der Waals surface area (Å²) in [5.41, 5.74) is 5.31. The van der Waals surface area contributed by atoms with Gasteiger partial charge in [0.2, 0.25) is 0 Å². The first-order chi connectivity index (χ1) is 5.95. The summed E-state index contributed by atoms with van der Waals surface area (Å²) < 4.78 is 3.80. The van der Waals surface area contributed by atoms with Crippen molar-refractivity contribution in [2.24, 2.45) is 5.73 Å². The second-order valence-electron chi connectivity index (χ2n) is 2.92. The predicted molar refractivity (Wildman–Crippen MR) is 50.9 cm³/mol. The molecule has 78 valence electrons. The van der Waals surface area contributed by atoms with E-state index < -0.39 is 34.8 Å². The average Bonchev–Trinajstić information content (AvgIpc) is 2.07. The minimum absolute atomic E-state index is 1.01. The lowest BCUT2D eigenvalue weighted by atomic mass is 9.98. The normalized spacial score (nSPS) is 48.9. The maximum Gasteiger partial charge on any atom is 0.173 e. The van der Waals surface area contributed by atoms with E-state index in [1.165, 1.54) is 0 Å². The molecule has 1 aliphatic heterocycles. The molecule has 0 aliphatic carbocycles. The Hall–Kier alpha value is 0.490. The van der Waals surface area contributed by atoms with Gasteiger partial charge in [-0.3, -0.25) is 0 Å². The Bertz CT molecular complexity index is 180. The van der Waals surface area contributed by atoms with Crippen LogP contribution in [0.5, 0.6) is 0 Å². The van der Waals surface area contributed by atoms with Gasteiger partial charge >= 0.3 is 0 Å². The third-order valence-corrected chi connectivity index (χ3v) is 2.69. The van der Waals surface area contributed by atoms with Gasteiger partial charge in [-0.15, -0.1) is 0 Å². The molecule has 1 fully saturated rings. The number of hydrogen-bond donors (Lipinski definition) is 5. The van der Waals surface area contributed by atoms with E-state index >= 15 is 0 Å². The molecular formula is C6H12INO5. The van der Waals surface area contributed by atoms with Crippen molar-refractivity contribution in [2.75, 3.05) is 0 Å². The fraction of sp³-hybridized carbons (Fsp3) is 1.00. The van der Waals surface area contributed by atoms with E-state index in [1.54, 1.807) is 22.6 Å². The third kappa shape index (κ3) is 2.29. The van der Waals surface area contributed by atoms with E-state index in [0.717, 1.165) is 0 Å². The number of ether oxygens (including phenoxy) is 1. The molecule has 13 heavy (non-hydrogen) atoms. The van der Waals surface area contributed by atoms with Gasteiger partial charge in [0.05, 0.1) is 6.04 Å². The smallest absolute Gasteiger partial charge is 0.173 e. The highest BCUT2D eigenvalue weighted by Crippen LogP contribution is 2.23. The molecule has 0 aromatic carbocycles. The zero-order chi connectivity index (χ0) is 10.2. The van der Waals surface area contributed by atoms with Crippen LogP contribution in [0.15, 0.2) is 0 Å². The first kappa shape index (κ1) is 11.6. The van der Waals surface area contributed by atoms with Gasteiger partial charge in [-0.2, -0.15) is 0 Å². The molecule has 7 heteroatoms. The SMILES string of the molecule is N[C@H]1C(O)O[C@H](C(O)I)[C@@H](O)[C@@H]1O. The van der Waals surface area contributed by atoms with Crippen LogP contribution < -0.4 is 5.73 Å². The van der Waals surface area contributed by atoms with Crippen LogP contribution in [0.3, 0.4) is 0 Å². The Balaban J connectivity index is 2.70. The lowest BCUT2D eigenvalue weighted by molar-refractivity contribution is -0.251. The Morgan fingerprint density at radius 2 is 1.77 bits per heavy atom. The molecule has 0 aromatic heterocycles. The minimum Gasteiger partial charge on any atom is -0.388 e. The molecule has 0 bridgehead atoms. The summed E-state index contributed by atoms with van der Waals surface area (Å²) in [4.78, 5) is 0. The predicted octanol–water partition coefficient (Wildman–Crippen LogP) is -2.49. The molecule has 1 rings (SSSR count). The highest BCUT2D eigenvalue weighted by atomic mass is 127. The number of aliphatic hydroxyl groups is 4. The van der Waals surface area contributed by atoms with Crippen molar-refractivity contribution in [3.63, 3.8) is 0 Å². The highest BCUT2D eigenvalue weighted by Gasteiger charge is 2.44. The molecule has 0 aromatic rings. The second-order valence-corrected chi connectivity index (χ2v) is 4.20. The summed E-state index contributed by atoms with van der Waals surface area (Å²) >= 11 is 1.61. The fourth-order valence-electron chi connectivity index (χ4n) is 1.15. The Kier molecular flexibility index (Phi) is 3.86. The van der Waals surface area contributed by atoms with Crippen LogP contribution >= 0.6 is 22.6 Å². The minimum atomic E-state index is -1.37. The van der Waals surface area contributed by atoms with E-state index in [0.29, 0.717) is 0 Å². The summed E-state index contributed by atoms with van der Waals surface area (Å²) in [5, 5.41) is 36.9. The Morgan fingerprint density at radius 1 is 1.23 bits per heavy atom. The summed E-state index contributed by atoms with van der Waals surface area (Å²) in [6, 6.07) is -1.05. The third-order valence-electron chi connectivity index (χ3n) is 1.98. The van der Waals surface area contributed by atoms with E-state index in [1.807, 2.05) is 0 Å². The van der Waals surface area contributed by atoms with Crippen molar-refractivity contribution in [1.29, 1.82) is 0 Å². The van der Waals surface area contributed by atoms with Crippen LogP contribution in [0.1, 0.15) is 0 Å². The van der Waals surface area contributed by atoms with E-state index in [9.17, 15) is 10.2 Å². The Labute approximate surface area is 88.5 Å². The van der Waals surface area contributed by atoms with Gasteiger partial charge in [0.25, 0.3) is 0 Å². The summed E-state index contributed by atoms with van der Waals surface area (Å²) in [6.45, 7) is 0. The standard InChI is InChI=1S/C6H12INO5/c7-5(11)4-3(10)2(9)1(8)6(12)13-4/h1-6,9-12H,8H2/t1-,2-,3+,4+,5?,6?/m1/s1. The zero-order valence-electron chi connectivity index (χ0n) is 6.62. The Morgan fingerprint density at radius 3 is 2.23 bits per heavy atom. The molecule has 1 heterocycles. The number of alkyl halides is 1. The van der Waals surface area contributed by atoms with Crippen molar-refractivity contribution in [2.45, 2.75) is 34.8 Å². The molecule has 2 unspecified atom stereocenters. The molecule has 0 radical (unpaired) electrons. The molecule has 6 N–H and O–H groups in total. The molecule has 1 saturated heterocycles. The molecule has 0 saturated carbocycles. The topological polar surface area (TPSA) is 116 Å². The number of rotatable bonds is 1. The fourth-order valence-corrected chi connectivity index (χ4v) is 1.75. The quantitative estimate of drug-likeness (QED) is 0.270. The van der Waals surface area contributed by atoms with Crippen molar-refractivity contribution < 1.29 is 25.2 Å². The first-order valence-electron chi connectivity index (χ1n) is 3.72. The zero-order valence-corrected chi connectivity index (χ0v) is 8.77. The van der Waals surface area contributed by atoms with Gasteiger partial charge in [0.15, 0.2) is 6.29 Å². The van der Waals surface area contributed by atoms with E-state index in [4.69, 9.17) is 20.7 Å². The number of aliphatic hydroxyl groups excluding tert-OH is 4. The molecular weight excluding hydrogens is 293 g/mol. The highest BCUT2D eigenvalue weighted by molar-refractivity contribution is 14.1. The van der Waals surface area contributed by atoms with Crippen molar-refractivity contribution in [3.8, 4) is 0 Å². The maximum absolute atomic E-state index is 9.37. The van der Waals surface area contributed by atoms with Gasteiger partial charge in [-0.05, 0) is 22.6 Å². The summed E-state index contributed by atoms with van der Waals surface area (Å²) in [6.07, 6.45) is -4.97. The van der Waals surface area contributed by atoms with Gasteiger partial charge < -0.3 is 30.9 Å². The van der Waals surface area contributed by atoms with Crippen molar-refractivity contribution in [1.82, 2.24) is 0 Å². The molecule has 0 spiro atoms. The van der Waals surface area contributed by atoms with Gasteiger partial charge in [-0.1, -0.05) is 0 Å². The molecule has 6 nitrogen and oxygen atoms in total. The van der Waals surface area contributed by atoms with Crippen LogP contribution in [0.4, 0.5) is 0 Å². The average molecular weight is 305 g/mol. The van der Waals surface area contributed by atoms with Crippen molar-refractivity contribution >= 4 is 22.6 Å². The van der Waals surface area contributed by atoms with Crippen LogP contribution in [0.2, 0.25) is 0 Å². The summed E-state index contributed by atoms with van der Waals surface area (Å²) in [7, 11) is 0. The number of halogens is 1. The van der Waals surface area contributed by atoms with Gasteiger partial charge in [-0.25, -0.2) is 0 Å². The largest absolute Gasteiger partial charge is 0.388 e. The van der Waals surface area contributed by atoms with Crippen molar-refractivity contribution in [3.05, 3.63) is 0 Å². The number of nitrogens with two attached hydrogens (primary N) is 1. The molecule has 1 aliphatic rings. The second kappa shape index (κ2) is 4.34. The van der Waals surface area contributed by atoms with Crippen LogP contribution in [-0.2, 0) is 4.74 Å². The molecule has 6 atom stereocenters. The van der Waals surface area contributed by atoms with E-state index in [-0.39, 0.29) is 0 Å². The van der Waals surface area contributed by atoms with Crippen LogP contribution in [0, 0.1) is 0 Å². The number of hydrogen-bond acceptors (Lipinski definition) is 6. The first-order valence-corrected chi connectivity index (χ1v) is 4.97. The van der Waals surface area contributed by atoms with Gasteiger partial charge in [0, 0.05) is 0 Å². The van der Waals surface area contributed by atoms with Crippen LogP contribution in [-0.4, -0.2) is 55.2 Å². The lowest BCUT2D eigenvalue weighted by Crippen LogP contribution is -2.62. The van der Waals surface area contributed by atoms with Gasteiger partial charge in [0.1, 0.15) is 22.4 Å². The maximum atomic E-state index is 9.37. The van der Waals surface area contributed by atoms with Crippen LogP contribution in [0.25, 0.3) is 0 Å². The summed E-state index contributed by atoms with van der Waals surface area (Å²) in [5.74, 6) is 0. The monoisotopic (exact) mass is 305 g/mol.